The van der Waals surface area contributed by atoms with Crippen molar-refractivity contribution in [2.45, 2.75) is 46.6 Å². The van der Waals surface area contributed by atoms with E-state index in [1.807, 2.05) is 27.7 Å². The van der Waals surface area contributed by atoms with E-state index in [1.165, 1.54) is 16.7 Å². The maximum atomic E-state index is 13.5. The molecule has 2 heterocycles. The van der Waals surface area contributed by atoms with Gasteiger partial charge in [0.1, 0.15) is 0 Å². The van der Waals surface area contributed by atoms with Crippen LogP contribution in [0.15, 0.2) is 39.9 Å². The molecule has 0 saturated carbocycles. The number of nitrogens with two attached hydrogens (primary N) is 1. The molecule has 3 amide bonds. The number of hydrogen-bond donors (Lipinski definition) is 4. The van der Waals surface area contributed by atoms with Crippen LogP contribution >= 0.6 is 0 Å². The maximum absolute atomic E-state index is 13.5. The third kappa shape index (κ3) is 5.85. The number of primary amides is 1. The fourth-order valence-corrected chi connectivity index (χ4v) is 3.68. The summed E-state index contributed by atoms with van der Waals surface area (Å²) >= 11 is 0. The molecule has 36 heavy (non-hydrogen) atoms. The van der Waals surface area contributed by atoms with Crippen LogP contribution < -0.4 is 27.6 Å². The first-order chi connectivity index (χ1) is 17.0. The van der Waals surface area contributed by atoms with Crippen LogP contribution in [-0.4, -0.2) is 38.8 Å². The molecule has 0 atom stereocenters. The number of pyridine rings is 1. The molecule has 0 radical (unpaired) electrons. The monoisotopic (exact) mass is 494 g/mol. The van der Waals surface area contributed by atoms with Gasteiger partial charge in [0, 0.05) is 25.2 Å². The first-order valence-corrected chi connectivity index (χ1v) is 11.6. The Balaban J connectivity index is 2.09. The summed E-state index contributed by atoms with van der Waals surface area (Å²) in [6.07, 6.45) is -0.0257. The van der Waals surface area contributed by atoms with Gasteiger partial charge >= 0.3 is 5.69 Å². The number of carbonyl (C=O) groups excluding carboxylic acids is 3. The van der Waals surface area contributed by atoms with Gasteiger partial charge in [-0.1, -0.05) is 39.8 Å². The molecular weight excluding hydrogens is 464 g/mol. The van der Waals surface area contributed by atoms with Crippen LogP contribution in [-0.2, 0) is 11.3 Å². The topological polar surface area (TPSA) is 169 Å². The Morgan fingerprint density at radius 1 is 1.06 bits per heavy atom. The molecule has 3 rings (SSSR count). The van der Waals surface area contributed by atoms with Crippen molar-refractivity contribution in [3.63, 3.8) is 0 Å². The summed E-state index contributed by atoms with van der Waals surface area (Å²) in [6.45, 7) is 7.98. The molecule has 0 saturated heterocycles. The molecule has 0 aliphatic carbocycles. The Morgan fingerprint density at radius 2 is 1.75 bits per heavy atom. The molecule has 5 N–H and O–H groups in total. The Morgan fingerprint density at radius 3 is 2.39 bits per heavy atom. The predicted molar refractivity (Wildman–Crippen MR) is 136 cm³/mol. The van der Waals surface area contributed by atoms with Crippen LogP contribution in [0.25, 0.3) is 11.0 Å². The highest BCUT2D eigenvalue weighted by atomic mass is 16.2. The Kier molecular flexibility index (Phi) is 8.03. The lowest BCUT2D eigenvalue weighted by molar-refractivity contribution is -0.117. The number of rotatable bonds is 9. The fraction of sp³-hybridized carbons (Fsp3) is 0.360. The Labute approximate surface area is 207 Å². The van der Waals surface area contributed by atoms with Gasteiger partial charge in [-0.25, -0.2) is 9.78 Å². The van der Waals surface area contributed by atoms with E-state index in [0.29, 0.717) is 12.2 Å². The molecule has 190 valence electrons. The van der Waals surface area contributed by atoms with Crippen molar-refractivity contribution in [2.24, 2.45) is 11.7 Å². The minimum Gasteiger partial charge on any atom is -0.370 e. The molecular formula is C25H30N6O5. The number of aromatic nitrogens is 3. The van der Waals surface area contributed by atoms with E-state index in [-0.39, 0.29) is 52.6 Å². The summed E-state index contributed by atoms with van der Waals surface area (Å²) in [6, 6.07) is 7.87. The normalized spacial score (nSPS) is 11.2. The first-order valence-electron chi connectivity index (χ1n) is 11.6. The molecule has 0 fully saturated rings. The summed E-state index contributed by atoms with van der Waals surface area (Å²) in [5.74, 6) is -1.70. The van der Waals surface area contributed by atoms with E-state index in [1.54, 1.807) is 18.2 Å². The second kappa shape index (κ2) is 11.0. The van der Waals surface area contributed by atoms with Crippen molar-refractivity contribution in [1.82, 2.24) is 19.9 Å². The molecule has 3 aromatic rings. The van der Waals surface area contributed by atoms with Gasteiger partial charge in [0.25, 0.3) is 17.4 Å². The van der Waals surface area contributed by atoms with Crippen molar-refractivity contribution >= 4 is 34.4 Å². The zero-order valence-corrected chi connectivity index (χ0v) is 20.7. The van der Waals surface area contributed by atoms with E-state index in [2.05, 4.69) is 20.6 Å². The largest absolute Gasteiger partial charge is 0.370 e. The van der Waals surface area contributed by atoms with E-state index >= 15 is 0 Å². The quantitative estimate of drug-likeness (QED) is 0.353. The van der Waals surface area contributed by atoms with E-state index in [0.717, 1.165) is 0 Å². The molecule has 11 nitrogen and oxygen atoms in total. The number of fused-ring (bicyclic) bond motifs is 1. The highest BCUT2D eigenvalue weighted by molar-refractivity contribution is 6.14. The van der Waals surface area contributed by atoms with Crippen molar-refractivity contribution in [1.29, 1.82) is 0 Å². The lowest BCUT2D eigenvalue weighted by atomic mass is 10.0. The van der Waals surface area contributed by atoms with Gasteiger partial charge in [0.05, 0.1) is 22.2 Å². The third-order valence-corrected chi connectivity index (χ3v) is 5.43. The number of hydrogen-bond acceptors (Lipinski definition) is 6. The zero-order chi connectivity index (χ0) is 26.6. The number of para-hydroxylation sites is 1. The molecule has 0 aliphatic heterocycles. The van der Waals surface area contributed by atoms with Crippen LogP contribution in [0, 0.1) is 5.92 Å². The fourth-order valence-electron chi connectivity index (χ4n) is 3.68. The van der Waals surface area contributed by atoms with Gasteiger partial charge in [-0.3, -0.25) is 28.7 Å². The highest BCUT2D eigenvalue weighted by Gasteiger charge is 2.22. The van der Waals surface area contributed by atoms with Gasteiger partial charge in [-0.05, 0) is 30.0 Å². The summed E-state index contributed by atoms with van der Waals surface area (Å²) < 4.78 is 1.37. The predicted octanol–water partition coefficient (Wildman–Crippen LogP) is 1.72. The highest BCUT2D eigenvalue weighted by Crippen LogP contribution is 2.22. The number of carbonyl (C=O) groups is 3. The molecule has 0 unspecified atom stereocenters. The van der Waals surface area contributed by atoms with Crippen LogP contribution in [0.2, 0.25) is 0 Å². The van der Waals surface area contributed by atoms with Gasteiger partial charge < -0.3 is 16.4 Å². The lowest BCUT2D eigenvalue weighted by Gasteiger charge is -2.16. The molecule has 2 aromatic heterocycles. The first kappa shape index (κ1) is 26.3. The van der Waals surface area contributed by atoms with E-state index in [9.17, 15) is 24.0 Å². The Bertz CT molecular complexity index is 1440. The lowest BCUT2D eigenvalue weighted by Crippen LogP contribution is -2.34. The summed E-state index contributed by atoms with van der Waals surface area (Å²) in [5.41, 5.74) is 4.87. The number of anilines is 1. The second-order valence-corrected chi connectivity index (χ2v) is 9.18. The van der Waals surface area contributed by atoms with Crippen molar-refractivity contribution in [2.75, 3.05) is 11.9 Å². The van der Waals surface area contributed by atoms with Crippen molar-refractivity contribution < 1.29 is 14.4 Å². The van der Waals surface area contributed by atoms with Gasteiger partial charge in [0.2, 0.25) is 5.91 Å². The second-order valence-electron chi connectivity index (χ2n) is 9.18. The minimum absolute atomic E-state index is 0.0134. The molecule has 1 aromatic carbocycles. The number of H-pyrrole nitrogens is 1. The average Bonchev–Trinajstić information content (AvgIpc) is 2.80. The minimum atomic E-state index is -0.722. The number of nitrogens with zero attached hydrogens (tertiary/aromatic N) is 2. The average molecular weight is 495 g/mol. The summed E-state index contributed by atoms with van der Waals surface area (Å²) in [5, 5.41) is 5.28. The molecule has 0 aliphatic rings. The van der Waals surface area contributed by atoms with Crippen molar-refractivity contribution in [3.8, 4) is 0 Å². The number of aromatic amines is 1. The molecule has 11 heteroatoms. The van der Waals surface area contributed by atoms with Crippen LogP contribution in [0.1, 0.15) is 66.4 Å². The third-order valence-electron chi connectivity index (χ3n) is 5.43. The summed E-state index contributed by atoms with van der Waals surface area (Å²) in [4.78, 5) is 69.4. The number of amides is 3. The standard InChI is InChI=1S/C25H30N6O5/c1-13(2)12-31-21-20(24(35)30-25(31)36)16(11-18(28-21)14(3)4)23(34)29-17-8-6-5-7-15(17)22(33)27-10-9-19(26)32/h5-8,11,13-14H,9-10,12H2,1-4H3,(H2,26,32)(H,27,33)(H,29,34)(H,30,35,36). The van der Waals surface area contributed by atoms with Crippen molar-refractivity contribution in [3.05, 3.63) is 68.0 Å². The summed E-state index contributed by atoms with van der Waals surface area (Å²) in [7, 11) is 0. The van der Waals surface area contributed by atoms with Crippen LogP contribution in [0.4, 0.5) is 5.69 Å². The molecule has 0 bridgehead atoms. The number of nitrogens with one attached hydrogen (secondary N) is 3. The van der Waals surface area contributed by atoms with Gasteiger partial charge in [0.15, 0.2) is 5.65 Å². The van der Waals surface area contributed by atoms with Gasteiger partial charge in [-0.15, -0.1) is 0 Å². The Hall–Kier alpha value is -4.28. The van der Waals surface area contributed by atoms with Crippen LogP contribution in [0.5, 0.6) is 0 Å². The van der Waals surface area contributed by atoms with Gasteiger partial charge in [-0.2, -0.15) is 0 Å². The zero-order valence-electron chi connectivity index (χ0n) is 20.7. The smallest absolute Gasteiger partial charge is 0.330 e. The maximum Gasteiger partial charge on any atom is 0.330 e. The van der Waals surface area contributed by atoms with E-state index in [4.69, 9.17) is 5.73 Å². The van der Waals surface area contributed by atoms with Crippen LogP contribution in [0.3, 0.4) is 0 Å². The SMILES string of the molecule is CC(C)Cn1c(=O)[nH]c(=O)c2c(C(=O)Nc3ccccc3C(=O)NCCC(N)=O)cc(C(C)C)nc21. The molecule has 0 spiro atoms. The number of benzene rings is 1. The van der Waals surface area contributed by atoms with E-state index < -0.39 is 29.0 Å².